The van der Waals surface area contributed by atoms with Gasteiger partial charge in [-0.1, -0.05) is 22.9 Å². The second-order valence-corrected chi connectivity index (χ2v) is 8.94. The number of rotatable bonds is 2. The van der Waals surface area contributed by atoms with Gasteiger partial charge in [-0.2, -0.15) is 0 Å². The summed E-state index contributed by atoms with van der Waals surface area (Å²) < 4.78 is 0. The molecule has 1 aromatic rings. The Bertz CT molecular complexity index is 817. The molecule has 7 heteroatoms. The number of carbonyl (C=O) groups is 2. The van der Waals surface area contributed by atoms with Crippen LogP contribution < -0.4 is 5.32 Å². The van der Waals surface area contributed by atoms with Crippen LogP contribution in [0.4, 0.5) is 5.13 Å². The zero-order valence-corrected chi connectivity index (χ0v) is 16.6. The lowest BCUT2D eigenvalue weighted by molar-refractivity contribution is -0.128. The van der Waals surface area contributed by atoms with Crippen molar-refractivity contribution in [1.82, 2.24) is 9.88 Å². The molecule has 1 aliphatic carbocycles. The number of aryl methyl sites for hydroxylation is 1. The van der Waals surface area contributed by atoms with Crippen molar-refractivity contribution in [2.45, 2.75) is 46.6 Å². The Balaban J connectivity index is 1.92. The minimum Gasteiger partial charge on any atom is -0.333 e. The van der Waals surface area contributed by atoms with Gasteiger partial charge in [0.15, 0.2) is 5.13 Å². The second-order valence-electron chi connectivity index (χ2n) is 7.53. The van der Waals surface area contributed by atoms with Crippen LogP contribution in [-0.2, 0) is 9.59 Å². The SMILES string of the molecule is CC(=O)Nc1nc(C)c(C2=CC(Cl)=C3C(=O)N(C(C)(C)C)CC3C2)s1. The van der Waals surface area contributed by atoms with Crippen molar-refractivity contribution >= 4 is 45.5 Å². The number of likely N-dealkylation sites (tertiary alicyclic amines) is 1. The molecule has 1 unspecified atom stereocenters. The van der Waals surface area contributed by atoms with Crippen molar-refractivity contribution in [3.8, 4) is 0 Å². The highest BCUT2D eigenvalue weighted by Crippen LogP contribution is 2.44. The Morgan fingerprint density at radius 3 is 2.72 bits per heavy atom. The third-order valence-electron chi connectivity index (χ3n) is 4.49. The van der Waals surface area contributed by atoms with Crippen molar-refractivity contribution in [1.29, 1.82) is 0 Å². The molecule has 0 radical (unpaired) electrons. The van der Waals surface area contributed by atoms with Crippen molar-refractivity contribution in [3.63, 3.8) is 0 Å². The number of carbonyl (C=O) groups excluding carboxylic acids is 2. The van der Waals surface area contributed by atoms with Crippen LogP contribution in [0.25, 0.3) is 5.57 Å². The van der Waals surface area contributed by atoms with E-state index in [9.17, 15) is 9.59 Å². The van der Waals surface area contributed by atoms with Gasteiger partial charge >= 0.3 is 0 Å². The van der Waals surface area contributed by atoms with Crippen molar-refractivity contribution in [2.24, 2.45) is 5.92 Å². The number of thiazole rings is 1. The van der Waals surface area contributed by atoms with E-state index in [0.717, 1.165) is 28.1 Å². The molecule has 1 fully saturated rings. The van der Waals surface area contributed by atoms with Crippen molar-refractivity contribution < 1.29 is 9.59 Å². The Labute approximate surface area is 156 Å². The number of nitrogens with zero attached hydrogens (tertiary/aromatic N) is 2. The molecular formula is C18H22ClN3O2S. The summed E-state index contributed by atoms with van der Waals surface area (Å²) in [5.41, 5.74) is 2.45. The fourth-order valence-electron chi connectivity index (χ4n) is 3.37. The molecule has 0 aromatic carbocycles. The quantitative estimate of drug-likeness (QED) is 0.846. The fraction of sp³-hybridized carbons (Fsp3) is 0.500. The summed E-state index contributed by atoms with van der Waals surface area (Å²) in [5, 5.41) is 3.84. The summed E-state index contributed by atoms with van der Waals surface area (Å²) >= 11 is 7.93. The van der Waals surface area contributed by atoms with Crippen LogP contribution in [-0.4, -0.2) is 33.8 Å². The highest BCUT2D eigenvalue weighted by molar-refractivity contribution is 7.17. The summed E-state index contributed by atoms with van der Waals surface area (Å²) in [4.78, 5) is 31.3. The van der Waals surface area contributed by atoms with Crippen molar-refractivity contribution in [2.75, 3.05) is 11.9 Å². The number of allylic oxidation sites excluding steroid dienone is 3. The first kappa shape index (κ1) is 18.1. The average molecular weight is 380 g/mol. The maximum atomic E-state index is 12.7. The van der Waals surface area contributed by atoms with E-state index < -0.39 is 0 Å². The Kier molecular flexibility index (Phi) is 4.54. The van der Waals surface area contributed by atoms with E-state index in [2.05, 4.69) is 10.3 Å². The molecular weight excluding hydrogens is 358 g/mol. The molecule has 2 aliphatic rings. The van der Waals surface area contributed by atoms with Gasteiger partial charge in [0, 0.05) is 35.5 Å². The number of fused-ring (bicyclic) bond motifs is 1. The van der Waals surface area contributed by atoms with Gasteiger partial charge < -0.3 is 10.2 Å². The minimum absolute atomic E-state index is 0.0396. The number of aromatic nitrogens is 1. The van der Waals surface area contributed by atoms with E-state index in [0.29, 0.717) is 16.7 Å². The summed E-state index contributed by atoms with van der Waals surface area (Å²) in [7, 11) is 0. The number of amides is 2. The first-order valence-electron chi connectivity index (χ1n) is 8.25. The summed E-state index contributed by atoms with van der Waals surface area (Å²) in [6.07, 6.45) is 2.64. The van der Waals surface area contributed by atoms with E-state index in [1.165, 1.54) is 18.3 Å². The molecule has 0 spiro atoms. The maximum Gasteiger partial charge on any atom is 0.252 e. The van der Waals surface area contributed by atoms with E-state index >= 15 is 0 Å². The number of anilines is 1. The van der Waals surface area contributed by atoms with E-state index in [4.69, 9.17) is 11.6 Å². The minimum atomic E-state index is -0.224. The Morgan fingerprint density at radius 1 is 1.44 bits per heavy atom. The van der Waals surface area contributed by atoms with Gasteiger partial charge in [0.2, 0.25) is 5.91 Å². The van der Waals surface area contributed by atoms with Gasteiger partial charge in [-0.25, -0.2) is 4.98 Å². The normalized spacial score (nSPS) is 20.7. The molecule has 2 heterocycles. The van der Waals surface area contributed by atoms with E-state index in [-0.39, 0.29) is 23.3 Å². The van der Waals surface area contributed by atoms with Gasteiger partial charge in [0.1, 0.15) is 0 Å². The molecule has 3 rings (SSSR count). The number of halogens is 1. The molecule has 1 aromatic heterocycles. The molecule has 1 atom stereocenters. The standard InChI is InChI=1S/C18H22ClN3O2S/c1-9-15(25-17(20-9)21-10(2)23)11-6-12-8-22(18(3,4)5)16(24)14(12)13(19)7-11/h7,12H,6,8H2,1-5H3,(H,20,21,23). The molecule has 1 N–H and O–H groups in total. The first-order valence-corrected chi connectivity index (χ1v) is 9.45. The van der Waals surface area contributed by atoms with Gasteiger partial charge in [0.05, 0.1) is 10.6 Å². The van der Waals surface area contributed by atoms with Crippen LogP contribution in [0.15, 0.2) is 16.7 Å². The smallest absolute Gasteiger partial charge is 0.252 e. The van der Waals surface area contributed by atoms with Crippen LogP contribution >= 0.6 is 22.9 Å². The topological polar surface area (TPSA) is 62.3 Å². The zero-order valence-electron chi connectivity index (χ0n) is 15.1. The highest BCUT2D eigenvalue weighted by Gasteiger charge is 2.43. The van der Waals surface area contributed by atoms with E-state index in [1.54, 1.807) is 0 Å². The van der Waals surface area contributed by atoms with Crippen LogP contribution in [0, 0.1) is 12.8 Å². The summed E-state index contributed by atoms with van der Waals surface area (Å²) in [5.74, 6) is 0.00282. The Hall–Kier alpha value is -1.66. The lowest BCUT2D eigenvalue weighted by Crippen LogP contribution is -2.42. The van der Waals surface area contributed by atoms with Crippen LogP contribution in [0.5, 0.6) is 0 Å². The first-order chi connectivity index (χ1) is 11.6. The monoisotopic (exact) mass is 379 g/mol. The van der Waals surface area contributed by atoms with Gasteiger partial charge in [0.25, 0.3) is 5.91 Å². The maximum absolute atomic E-state index is 12.7. The predicted molar refractivity (Wildman–Crippen MR) is 102 cm³/mol. The van der Waals surface area contributed by atoms with Gasteiger partial charge in [-0.15, -0.1) is 0 Å². The van der Waals surface area contributed by atoms with Gasteiger partial charge in [-0.3, -0.25) is 9.59 Å². The molecule has 0 saturated carbocycles. The van der Waals surface area contributed by atoms with Crippen LogP contribution in [0.1, 0.15) is 44.7 Å². The van der Waals surface area contributed by atoms with Crippen LogP contribution in [0.3, 0.4) is 0 Å². The predicted octanol–water partition coefficient (Wildman–Crippen LogP) is 3.95. The Morgan fingerprint density at radius 2 is 2.12 bits per heavy atom. The molecule has 134 valence electrons. The number of hydrogen-bond acceptors (Lipinski definition) is 4. The highest BCUT2D eigenvalue weighted by atomic mass is 35.5. The number of nitrogens with one attached hydrogen (secondary N) is 1. The third-order valence-corrected chi connectivity index (χ3v) is 5.95. The largest absolute Gasteiger partial charge is 0.333 e. The number of hydrogen-bond donors (Lipinski definition) is 1. The third kappa shape index (κ3) is 3.37. The molecule has 1 aliphatic heterocycles. The molecule has 1 saturated heterocycles. The lowest BCUT2D eigenvalue weighted by Gasteiger charge is -2.31. The average Bonchev–Trinajstić information content (AvgIpc) is 2.98. The van der Waals surface area contributed by atoms with Crippen molar-refractivity contribution in [3.05, 3.63) is 27.3 Å². The van der Waals surface area contributed by atoms with Crippen LogP contribution in [0.2, 0.25) is 0 Å². The second kappa shape index (κ2) is 6.25. The molecule has 0 bridgehead atoms. The molecule has 5 nitrogen and oxygen atoms in total. The molecule has 2 amide bonds. The summed E-state index contributed by atoms with van der Waals surface area (Å²) in [6, 6.07) is 0. The lowest BCUT2D eigenvalue weighted by atomic mass is 9.88. The fourth-order valence-corrected chi connectivity index (χ4v) is 4.77. The van der Waals surface area contributed by atoms with Gasteiger partial charge in [-0.05, 0) is 45.8 Å². The molecule has 25 heavy (non-hydrogen) atoms. The van der Waals surface area contributed by atoms with E-state index in [1.807, 2.05) is 38.7 Å². The summed E-state index contributed by atoms with van der Waals surface area (Å²) in [6.45, 7) is 10.2. The zero-order chi connectivity index (χ0) is 18.5.